The Morgan fingerprint density at radius 2 is 1.38 bits per heavy atom. The third-order valence-electron chi connectivity index (χ3n) is 10.5. The Morgan fingerprint density at radius 1 is 0.696 bits per heavy atom. The Hall–Kier alpha value is -6.75. The fourth-order valence-electron chi connectivity index (χ4n) is 7.56. The molecule has 4 heteroatoms. The molecule has 8 aromatic rings. The van der Waals surface area contributed by atoms with Gasteiger partial charge >= 0.3 is 0 Å². The summed E-state index contributed by atoms with van der Waals surface area (Å²) in [5.74, 6) is 0. The molecule has 0 bridgehead atoms. The van der Waals surface area contributed by atoms with Crippen molar-refractivity contribution in [2.75, 3.05) is 4.90 Å². The predicted molar refractivity (Wildman–Crippen MR) is 239 cm³/mol. The van der Waals surface area contributed by atoms with Crippen molar-refractivity contribution >= 4 is 57.7 Å². The number of furan rings is 1. The summed E-state index contributed by atoms with van der Waals surface area (Å²) in [5.41, 5.74) is 12.4. The van der Waals surface area contributed by atoms with E-state index in [9.17, 15) is 0 Å². The third kappa shape index (κ3) is 6.65. The van der Waals surface area contributed by atoms with E-state index in [1.807, 2.05) is 18.2 Å². The topological polar surface area (TPSA) is 29.3 Å². The highest BCUT2D eigenvalue weighted by atomic mass is 32.1. The molecule has 0 spiro atoms. The molecule has 9 rings (SSSR count). The summed E-state index contributed by atoms with van der Waals surface area (Å²) in [5, 5.41) is 3.88. The lowest BCUT2D eigenvalue weighted by Gasteiger charge is -2.28. The lowest BCUT2D eigenvalue weighted by Crippen LogP contribution is -2.24. The number of anilines is 1. The van der Waals surface area contributed by atoms with Crippen LogP contribution >= 0.6 is 11.3 Å². The molecule has 2 aromatic heterocycles. The zero-order valence-electron chi connectivity index (χ0n) is 31.4. The van der Waals surface area contributed by atoms with Crippen LogP contribution in [-0.2, 0) is 5.41 Å². The van der Waals surface area contributed by atoms with Crippen molar-refractivity contribution in [3.63, 3.8) is 0 Å². The molecule has 1 aliphatic rings. The number of thiazole rings is 1. The van der Waals surface area contributed by atoms with Crippen LogP contribution in [0.25, 0.3) is 73.5 Å². The first-order valence-electron chi connectivity index (χ1n) is 18.8. The lowest BCUT2D eigenvalue weighted by atomic mass is 9.81. The monoisotopic (exact) mass is 740 g/mol. The van der Waals surface area contributed by atoms with Gasteiger partial charge in [0.15, 0.2) is 0 Å². The minimum Gasteiger partial charge on any atom is -0.455 e. The molecule has 3 nitrogen and oxygen atoms in total. The molecule has 0 N–H and O–H groups in total. The second kappa shape index (κ2) is 14.5. The molecule has 0 saturated heterocycles. The van der Waals surface area contributed by atoms with Gasteiger partial charge in [-0.25, -0.2) is 4.98 Å². The zero-order chi connectivity index (χ0) is 38.2. The number of aromatic nitrogens is 1. The highest BCUT2D eigenvalue weighted by molar-refractivity contribution is 7.13. The average Bonchev–Trinajstić information content (AvgIpc) is 3.81. The second-order valence-corrected chi connectivity index (χ2v) is 15.7. The molecule has 0 fully saturated rings. The summed E-state index contributed by atoms with van der Waals surface area (Å²) in [6.07, 6.45) is 13.1. The van der Waals surface area contributed by atoms with Gasteiger partial charge in [0, 0.05) is 44.4 Å². The van der Waals surface area contributed by atoms with Gasteiger partial charge in [0.2, 0.25) is 0 Å². The number of para-hydroxylation sites is 2. The van der Waals surface area contributed by atoms with Gasteiger partial charge in [-0.2, -0.15) is 0 Å². The van der Waals surface area contributed by atoms with Gasteiger partial charge < -0.3 is 9.32 Å². The third-order valence-corrected chi connectivity index (χ3v) is 11.6. The largest absolute Gasteiger partial charge is 0.455 e. The molecule has 0 aliphatic heterocycles. The first-order chi connectivity index (χ1) is 27.3. The lowest BCUT2D eigenvalue weighted by molar-refractivity contribution is 0.668. The molecule has 0 radical (unpaired) electrons. The number of rotatable bonds is 7. The van der Waals surface area contributed by atoms with E-state index < -0.39 is 0 Å². The molecule has 0 atom stereocenters. The number of hydrogen-bond donors (Lipinski definition) is 0. The molecule has 0 amide bonds. The maximum absolute atomic E-state index is 6.40. The van der Waals surface area contributed by atoms with Gasteiger partial charge in [-0.3, -0.25) is 0 Å². The van der Waals surface area contributed by atoms with E-state index in [1.165, 1.54) is 22.3 Å². The molecular weight excluding hydrogens is 701 g/mol. The van der Waals surface area contributed by atoms with E-state index >= 15 is 0 Å². The SMILES string of the molecule is C=C(/C=c1/sc(-c2ccc(-c3ccccc3)cc2)nc1=C)N(C1=C/C=C/c2ccccc2C(C)(C)\C=C\1)c1ccc(-c2cccc3c2oc2ccccc23)cc1. The van der Waals surface area contributed by atoms with Crippen molar-refractivity contribution in [3.8, 4) is 32.8 Å². The molecule has 6 aromatic carbocycles. The highest BCUT2D eigenvalue weighted by Crippen LogP contribution is 2.38. The van der Waals surface area contributed by atoms with Crippen LogP contribution in [0.3, 0.4) is 0 Å². The highest BCUT2D eigenvalue weighted by Gasteiger charge is 2.22. The van der Waals surface area contributed by atoms with E-state index in [0.717, 1.165) is 70.6 Å². The van der Waals surface area contributed by atoms with Gasteiger partial charge in [0.1, 0.15) is 16.2 Å². The second-order valence-electron chi connectivity index (χ2n) is 14.7. The summed E-state index contributed by atoms with van der Waals surface area (Å²) in [7, 11) is 0. The summed E-state index contributed by atoms with van der Waals surface area (Å²) in [6.45, 7) is 13.6. The quantitative estimate of drug-likeness (QED) is 0.163. The van der Waals surface area contributed by atoms with Crippen LogP contribution < -0.4 is 14.8 Å². The molecule has 56 heavy (non-hydrogen) atoms. The summed E-state index contributed by atoms with van der Waals surface area (Å²) >= 11 is 1.63. The van der Waals surface area contributed by atoms with Gasteiger partial charge in [0.05, 0.1) is 9.88 Å². The Balaban J connectivity index is 1.11. The van der Waals surface area contributed by atoms with E-state index in [2.05, 4.69) is 196 Å². The van der Waals surface area contributed by atoms with E-state index in [1.54, 1.807) is 11.3 Å². The molecule has 0 unspecified atom stereocenters. The van der Waals surface area contributed by atoms with Crippen LogP contribution in [0.2, 0.25) is 0 Å². The van der Waals surface area contributed by atoms with Gasteiger partial charge in [0.25, 0.3) is 0 Å². The fraction of sp³-hybridized carbons (Fsp3) is 0.0577. The van der Waals surface area contributed by atoms with E-state index in [0.29, 0.717) is 0 Å². The van der Waals surface area contributed by atoms with Crippen molar-refractivity contribution in [3.05, 3.63) is 209 Å². The Morgan fingerprint density at radius 3 is 2.20 bits per heavy atom. The maximum atomic E-state index is 6.40. The number of allylic oxidation sites excluding steroid dienone is 5. The smallest absolute Gasteiger partial charge is 0.143 e. The Bertz CT molecular complexity index is 2960. The van der Waals surface area contributed by atoms with Crippen LogP contribution in [0.15, 0.2) is 192 Å². The average molecular weight is 741 g/mol. The van der Waals surface area contributed by atoms with Crippen molar-refractivity contribution in [1.29, 1.82) is 0 Å². The summed E-state index contributed by atoms with van der Waals surface area (Å²) < 4.78 is 7.37. The van der Waals surface area contributed by atoms with Crippen LogP contribution in [-0.4, -0.2) is 4.98 Å². The van der Waals surface area contributed by atoms with Crippen LogP contribution in [0.5, 0.6) is 0 Å². The normalized spacial score (nSPS) is 16.0. The van der Waals surface area contributed by atoms with Crippen molar-refractivity contribution in [1.82, 2.24) is 4.98 Å². The summed E-state index contributed by atoms with van der Waals surface area (Å²) in [6, 6.07) is 50.9. The molecular formula is C52H40N2OS. The van der Waals surface area contributed by atoms with Crippen molar-refractivity contribution < 1.29 is 4.42 Å². The number of benzene rings is 6. The minimum atomic E-state index is -0.209. The standard InChI is InChI=1S/C52H40N2OS/c1-35(34-49-36(2)53-51(56-49)41-26-24-38(25-27-41)37-14-6-5-7-15-37)54(42-18-12-17-40-16-8-10-22-47(40)52(3,4)33-32-42)43-30-28-39(29-31-43)44-20-13-21-46-45-19-9-11-23-48(45)55-50(44)46/h5-34H,1-2H2,3-4H3/b17-12+,33-32+,42-18+,49-34+. The fourth-order valence-corrected chi connectivity index (χ4v) is 8.54. The van der Waals surface area contributed by atoms with Crippen molar-refractivity contribution in [2.24, 2.45) is 0 Å². The predicted octanol–water partition coefficient (Wildman–Crippen LogP) is 12.7. The first kappa shape index (κ1) is 35.0. The number of hydrogen-bond acceptors (Lipinski definition) is 4. The molecule has 0 saturated carbocycles. The van der Waals surface area contributed by atoms with Crippen LogP contribution in [0.1, 0.15) is 25.0 Å². The van der Waals surface area contributed by atoms with E-state index in [-0.39, 0.29) is 5.41 Å². The van der Waals surface area contributed by atoms with E-state index in [4.69, 9.17) is 9.40 Å². The molecule has 2 heterocycles. The van der Waals surface area contributed by atoms with Gasteiger partial charge in [-0.15, -0.1) is 11.3 Å². The maximum Gasteiger partial charge on any atom is 0.143 e. The Kier molecular flexibility index (Phi) is 9.05. The van der Waals surface area contributed by atoms with Crippen LogP contribution in [0, 0.1) is 0 Å². The first-order valence-corrected chi connectivity index (χ1v) is 19.6. The summed E-state index contributed by atoms with van der Waals surface area (Å²) in [4.78, 5) is 7.13. The van der Waals surface area contributed by atoms with Crippen LogP contribution in [0.4, 0.5) is 5.69 Å². The van der Waals surface area contributed by atoms with Gasteiger partial charge in [-0.05, 0) is 64.2 Å². The number of nitrogens with zero attached hydrogens (tertiary/aromatic N) is 2. The Labute approximate surface area is 331 Å². The minimum absolute atomic E-state index is 0.209. The number of fused-ring (bicyclic) bond motifs is 4. The van der Waals surface area contributed by atoms with Crippen molar-refractivity contribution in [2.45, 2.75) is 19.3 Å². The van der Waals surface area contributed by atoms with Gasteiger partial charge in [-0.1, -0.05) is 173 Å². The zero-order valence-corrected chi connectivity index (χ0v) is 32.3. The molecule has 1 aliphatic carbocycles. The molecule has 270 valence electrons.